The quantitative estimate of drug-likeness (QED) is 0.875. The van der Waals surface area contributed by atoms with Crippen LogP contribution in [0.25, 0.3) is 0 Å². The van der Waals surface area contributed by atoms with Gasteiger partial charge in [-0.1, -0.05) is 0 Å². The molecule has 2 saturated heterocycles. The van der Waals surface area contributed by atoms with E-state index < -0.39 is 0 Å². The second kappa shape index (κ2) is 8.34. The van der Waals surface area contributed by atoms with E-state index in [0.717, 1.165) is 56.3 Å². The molecule has 2 atom stereocenters. The first-order chi connectivity index (χ1) is 12.5. The molecular weight excluding hydrogens is 326 g/mol. The lowest BCUT2D eigenvalue weighted by atomic mass is 9.96. The third kappa shape index (κ3) is 4.17. The summed E-state index contributed by atoms with van der Waals surface area (Å²) in [6.45, 7) is 11.5. The Hall–Kier alpha value is -1.68. The van der Waals surface area contributed by atoms with Crippen LogP contribution in [0.2, 0.25) is 0 Å². The molecule has 0 spiro atoms. The summed E-state index contributed by atoms with van der Waals surface area (Å²) in [4.78, 5) is 11.9. The Bertz CT molecular complexity index is 648. The van der Waals surface area contributed by atoms with E-state index in [2.05, 4.69) is 32.8 Å². The van der Waals surface area contributed by atoms with E-state index in [-0.39, 0.29) is 12.5 Å². The maximum Gasteiger partial charge on any atom is 0.129 e. The van der Waals surface area contributed by atoms with E-state index >= 15 is 0 Å². The Balaban J connectivity index is 1.70. The van der Waals surface area contributed by atoms with Gasteiger partial charge in [0.05, 0.1) is 11.3 Å². The van der Waals surface area contributed by atoms with Crippen LogP contribution in [0.3, 0.4) is 0 Å². The summed E-state index contributed by atoms with van der Waals surface area (Å²) in [6.07, 6.45) is 1.21. The molecule has 2 aliphatic heterocycles. The monoisotopic (exact) mass is 357 g/mol. The summed E-state index contributed by atoms with van der Waals surface area (Å²) < 4.78 is 0. The lowest BCUT2D eigenvalue weighted by Gasteiger charge is -2.26. The van der Waals surface area contributed by atoms with E-state index in [1.165, 1.54) is 13.0 Å². The first kappa shape index (κ1) is 19.1. The standard InChI is InChI=1S/C20H31N5O/c1-15-9-20(22-16(2)19(15)10-21)25-12-17(18(13-25)14-26)11-24-6-4-5-23(3)7-8-24/h9,17-18,26H,4-8,11-14H2,1-3H3/t17-,18-/m1/s1. The van der Waals surface area contributed by atoms with Crippen LogP contribution in [0.5, 0.6) is 0 Å². The average molecular weight is 358 g/mol. The molecule has 3 rings (SSSR count). The van der Waals surface area contributed by atoms with Gasteiger partial charge in [0.1, 0.15) is 11.9 Å². The van der Waals surface area contributed by atoms with Crippen molar-refractivity contribution in [1.29, 1.82) is 5.26 Å². The molecule has 0 bridgehead atoms. The minimum atomic E-state index is 0.225. The Morgan fingerprint density at radius 3 is 2.65 bits per heavy atom. The van der Waals surface area contributed by atoms with Crippen molar-refractivity contribution in [3.63, 3.8) is 0 Å². The Labute approximate surface area is 157 Å². The lowest BCUT2D eigenvalue weighted by Crippen LogP contribution is -2.36. The van der Waals surface area contributed by atoms with Gasteiger partial charge in [-0.2, -0.15) is 5.26 Å². The van der Waals surface area contributed by atoms with Gasteiger partial charge < -0.3 is 19.8 Å². The largest absolute Gasteiger partial charge is 0.396 e. The molecule has 2 fully saturated rings. The molecule has 1 aromatic rings. The number of likely N-dealkylation sites (N-methyl/N-ethyl adjacent to an activating group) is 1. The van der Waals surface area contributed by atoms with Crippen molar-refractivity contribution in [3.05, 3.63) is 22.9 Å². The number of pyridine rings is 1. The lowest BCUT2D eigenvalue weighted by molar-refractivity contribution is 0.165. The predicted octanol–water partition coefficient (Wildman–Crippen LogP) is 1.25. The highest BCUT2D eigenvalue weighted by Crippen LogP contribution is 2.29. The van der Waals surface area contributed by atoms with Gasteiger partial charge >= 0.3 is 0 Å². The van der Waals surface area contributed by atoms with Crippen molar-refractivity contribution >= 4 is 5.82 Å². The van der Waals surface area contributed by atoms with Crippen molar-refractivity contribution in [2.75, 3.05) is 64.4 Å². The number of anilines is 1. The highest BCUT2D eigenvalue weighted by atomic mass is 16.3. The van der Waals surface area contributed by atoms with Crippen LogP contribution in [0, 0.1) is 37.0 Å². The molecule has 2 aliphatic rings. The zero-order chi connectivity index (χ0) is 18.7. The third-order valence-electron chi connectivity index (χ3n) is 5.94. The van der Waals surface area contributed by atoms with Crippen molar-refractivity contribution < 1.29 is 5.11 Å². The Kier molecular flexibility index (Phi) is 6.13. The van der Waals surface area contributed by atoms with Gasteiger partial charge in [0.25, 0.3) is 0 Å². The summed E-state index contributed by atoms with van der Waals surface area (Å²) in [6, 6.07) is 4.26. The van der Waals surface area contributed by atoms with Crippen molar-refractivity contribution in [2.24, 2.45) is 11.8 Å². The number of aryl methyl sites for hydroxylation is 2. The molecule has 0 amide bonds. The van der Waals surface area contributed by atoms with Crippen LogP contribution in [0.1, 0.15) is 23.2 Å². The maximum atomic E-state index is 9.90. The number of nitrogens with zero attached hydrogens (tertiary/aromatic N) is 5. The summed E-state index contributed by atoms with van der Waals surface area (Å²) in [5, 5.41) is 19.2. The van der Waals surface area contributed by atoms with E-state index in [1.54, 1.807) is 0 Å². The van der Waals surface area contributed by atoms with Crippen LogP contribution >= 0.6 is 0 Å². The van der Waals surface area contributed by atoms with E-state index in [1.807, 2.05) is 19.9 Å². The van der Waals surface area contributed by atoms with E-state index in [4.69, 9.17) is 0 Å². The summed E-state index contributed by atoms with van der Waals surface area (Å²) >= 11 is 0. The number of aromatic nitrogens is 1. The molecule has 0 aromatic carbocycles. The minimum absolute atomic E-state index is 0.225. The molecule has 0 unspecified atom stereocenters. The molecule has 0 radical (unpaired) electrons. The smallest absolute Gasteiger partial charge is 0.129 e. The number of hydrogen-bond acceptors (Lipinski definition) is 6. The predicted molar refractivity (Wildman–Crippen MR) is 103 cm³/mol. The number of aliphatic hydroxyl groups excluding tert-OH is 1. The van der Waals surface area contributed by atoms with Crippen LogP contribution in [-0.2, 0) is 0 Å². The SMILES string of the molecule is Cc1cc(N2C[C@@H](CN3CCCN(C)CC3)[C@@H](CO)C2)nc(C)c1C#N. The summed E-state index contributed by atoms with van der Waals surface area (Å²) in [5.74, 6) is 1.69. The maximum absolute atomic E-state index is 9.90. The Morgan fingerprint density at radius 1 is 1.19 bits per heavy atom. The third-order valence-corrected chi connectivity index (χ3v) is 5.94. The van der Waals surface area contributed by atoms with Gasteiger partial charge in [-0.3, -0.25) is 0 Å². The topological polar surface area (TPSA) is 66.6 Å². The van der Waals surface area contributed by atoms with Crippen LogP contribution in [-0.4, -0.2) is 79.4 Å². The van der Waals surface area contributed by atoms with Gasteiger partial charge in [0, 0.05) is 45.2 Å². The van der Waals surface area contributed by atoms with Gasteiger partial charge in [0.15, 0.2) is 0 Å². The van der Waals surface area contributed by atoms with Gasteiger partial charge in [0.2, 0.25) is 0 Å². The summed E-state index contributed by atoms with van der Waals surface area (Å²) in [5.41, 5.74) is 2.45. The zero-order valence-electron chi connectivity index (χ0n) is 16.3. The highest BCUT2D eigenvalue weighted by Gasteiger charge is 2.34. The Morgan fingerprint density at radius 2 is 1.96 bits per heavy atom. The molecule has 0 saturated carbocycles. The average Bonchev–Trinajstić information content (AvgIpc) is 2.90. The first-order valence-corrected chi connectivity index (χ1v) is 9.67. The minimum Gasteiger partial charge on any atom is -0.396 e. The molecule has 1 N–H and O–H groups in total. The fourth-order valence-corrected chi connectivity index (χ4v) is 4.30. The molecule has 142 valence electrons. The number of rotatable bonds is 4. The second-order valence-corrected chi connectivity index (χ2v) is 7.93. The normalized spacial score (nSPS) is 25.3. The van der Waals surface area contributed by atoms with Crippen LogP contribution in [0.4, 0.5) is 5.82 Å². The van der Waals surface area contributed by atoms with E-state index in [0.29, 0.717) is 11.5 Å². The van der Waals surface area contributed by atoms with Gasteiger partial charge in [-0.05, 0) is 58.0 Å². The highest BCUT2D eigenvalue weighted by molar-refractivity contribution is 5.50. The number of hydrogen-bond donors (Lipinski definition) is 1. The molecule has 26 heavy (non-hydrogen) atoms. The summed E-state index contributed by atoms with van der Waals surface area (Å²) in [7, 11) is 2.19. The van der Waals surface area contributed by atoms with Gasteiger partial charge in [-0.25, -0.2) is 4.98 Å². The second-order valence-electron chi connectivity index (χ2n) is 7.93. The molecule has 6 nitrogen and oxygen atoms in total. The van der Waals surface area contributed by atoms with Crippen molar-refractivity contribution in [1.82, 2.24) is 14.8 Å². The zero-order valence-corrected chi connectivity index (χ0v) is 16.3. The van der Waals surface area contributed by atoms with Crippen molar-refractivity contribution in [2.45, 2.75) is 20.3 Å². The fourth-order valence-electron chi connectivity index (χ4n) is 4.30. The molecule has 6 heteroatoms. The number of nitriles is 1. The van der Waals surface area contributed by atoms with Gasteiger partial charge in [-0.15, -0.1) is 0 Å². The van der Waals surface area contributed by atoms with Crippen LogP contribution in [0.15, 0.2) is 6.07 Å². The van der Waals surface area contributed by atoms with Crippen molar-refractivity contribution in [3.8, 4) is 6.07 Å². The van der Waals surface area contributed by atoms with Crippen LogP contribution < -0.4 is 4.90 Å². The number of aliphatic hydroxyl groups is 1. The molecule has 0 aliphatic carbocycles. The molecule has 1 aromatic heterocycles. The van der Waals surface area contributed by atoms with E-state index in [9.17, 15) is 10.4 Å². The molecular formula is C20H31N5O. The fraction of sp³-hybridized carbons (Fsp3) is 0.700. The first-order valence-electron chi connectivity index (χ1n) is 9.67. The molecule has 3 heterocycles.